The third-order valence-electron chi connectivity index (χ3n) is 4.59. The second kappa shape index (κ2) is 5.94. The van der Waals surface area contributed by atoms with Crippen LogP contribution in [0.4, 0.5) is 11.4 Å². The average molecular weight is 344 g/mol. The van der Waals surface area contributed by atoms with Crippen molar-refractivity contribution >= 4 is 22.9 Å². The van der Waals surface area contributed by atoms with Crippen LogP contribution < -0.4 is 11.1 Å². The minimum absolute atomic E-state index is 0.254. The number of aryl methyl sites for hydroxylation is 2. The zero-order valence-electron chi connectivity index (χ0n) is 14.3. The van der Waals surface area contributed by atoms with Gasteiger partial charge < -0.3 is 16.2 Å². The zero-order valence-corrected chi connectivity index (χ0v) is 14.3. The highest BCUT2D eigenvalue weighted by atomic mass is 16.3. The largest absolute Gasteiger partial charge is 0.507 e. The fourth-order valence-corrected chi connectivity index (χ4v) is 3.02. The molecule has 4 N–H and O–H groups in total. The van der Waals surface area contributed by atoms with E-state index in [9.17, 15) is 20.4 Å². The summed E-state index contributed by atoms with van der Waals surface area (Å²) in [5.41, 5.74) is 6.76. The number of hydrogen-bond acceptors (Lipinski definition) is 6. The van der Waals surface area contributed by atoms with Gasteiger partial charge in [-0.2, -0.15) is 10.5 Å². The lowest BCUT2D eigenvalue weighted by Crippen LogP contribution is -2.40. The summed E-state index contributed by atoms with van der Waals surface area (Å²) in [6, 6.07) is 13.6. The normalized spacial score (nSPS) is 13.2. The summed E-state index contributed by atoms with van der Waals surface area (Å²) in [5, 5.41) is 32.8. The summed E-state index contributed by atoms with van der Waals surface area (Å²) >= 11 is 0. The molecule has 0 radical (unpaired) electrons. The Morgan fingerprint density at radius 2 is 1.65 bits per heavy atom. The van der Waals surface area contributed by atoms with E-state index >= 15 is 0 Å². The molecule has 2 aromatic carbocycles. The molecular formula is C20H16N4O2. The van der Waals surface area contributed by atoms with Crippen molar-refractivity contribution in [3.63, 3.8) is 0 Å². The fraction of sp³-hybridized carbons (Fsp3) is 0.150. The molecule has 0 atom stereocenters. The van der Waals surface area contributed by atoms with Gasteiger partial charge in [0.1, 0.15) is 17.9 Å². The number of rotatable bonds is 3. The Kier molecular flexibility index (Phi) is 3.90. The van der Waals surface area contributed by atoms with Crippen molar-refractivity contribution in [2.75, 3.05) is 11.1 Å². The first kappa shape index (κ1) is 17.1. The number of fused-ring (bicyclic) bond motifs is 1. The number of carbonyl (C=O) groups excluding carboxylic acids is 1. The second-order valence-corrected chi connectivity index (χ2v) is 6.22. The van der Waals surface area contributed by atoms with E-state index in [4.69, 9.17) is 5.73 Å². The van der Waals surface area contributed by atoms with Gasteiger partial charge in [-0.25, -0.2) is 0 Å². The molecule has 0 amide bonds. The van der Waals surface area contributed by atoms with Crippen LogP contribution in [0.2, 0.25) is 0 Å². The topological polar surface area (TPSA) is 123 Å². The number of carbonyl (C=O) groups is 1. The second-order valence-electron chi connectivity index (χ2n) is 6.22. The number of nitrogens with one attached hydrogen (secondary N) is 1. The molecule has 0 bridgehead atoms. The molecule has 1 aliphatic carbocycles. The van der Waals surface area contributed by atoms with Crippen LogP contribution in [0, 0.1) is 36.5 Å². The smallest absolute Gasteiger partial charge is 0.245 e. The predicted molar refractivity (Wildman–Crippen MR) is 98.2 cm³/mol. The van der Waals surface area contributed by atoms with Crippen molar-refractivity contribution in [3.8, 4) is 12.1 Å². The minimum Gasteiger partial charge on any atom is -0.507 e. The summed E-state index contributed by atoms with van der Waals surface area (Å²) in [4.78, 5) is 12.8. The highest BCUT2D eigenvalue weighted by Crippen LogP contribution is 2.39. The third-order valence-corrected chi connectivity index (χ3v) is 4.59. The van der Waals surface area contributed by atoms with Crippen molar-refractivity contribution in [1.82, 2.24) is 0 Å². The van der Waals surface area contributed by atoms with Gasteiger partial charge in [-0.1, -0.05) is 24.3 Å². The summed E-state index contributed by atoms with van der Waals surface area (Å²) < 4.78 is 0. The summed E-state index contributed by atoms with van der Waals surface area (Å²) in [7, 11) is 0. The Balaban J connectivity index is 2.16. The monoisotopic (exact) mass is 344 g/mol. The highest BCUT2D eigenvalue weighted by molar-refractivity contribution is 6.22. The summed E-state index contributed by atoms with van der Waals surface area (Å²) in [6.45, 7) is 3.76. The first-order valence-corrected chi connectivity index (χ1v) is 7.90. The molecule has 0 aromatic heterocycles. The van der Waals surface area contributed by atoms with Crippen LogP contribution in [0.25, 0.3) is 5.76 Å². The molecule has 0 saturated carbocycles. The van der Waals surface area contributed by atoms with Crippen molar-refractivity contribution in [1.29, 1.82) is 10.5 Å². The SMILES string of the molecule is Cc1cc(N)c(NC(C#N)(C#N)C2=C(O)c3ccccc3C2=O)cc1C. The number of nitriles is 2. The molecule has 0 spiro atoms. The van der Waals surface area contributed by atoms with Gasteiger partial charge in [0.2, 0.25) is 5.54 Å². The van der Waals surface area contributed by atoms with E-state index in [-0.39, 0.29) is 16.9 Å². The van der Waals surface area contributed by atoms with Crippen molar-refractivity contribution in [2.24, 2.45) is 0 Å². The molecule has 0 heterocycles. The minimum atomic E-state index is -2.07. The molecule has 26 heavy (non-hydrogen) atoms. The maximum Gasteiger partial charge on any atom is 0.245 e. The van der Waals surface area contributed by atoms with Gasteiger partial charge in [0.15, 0.2) is 5.78 Å². The number of aliphatic hydroxyl groups excluding tert-OH is 1. The van der Waals surface area contributed by atoms with Gasteiger partial charge in [0.25, 0.3) is 0 Å². The van der Waals surface area contributed by atoms with Crippen LogP contribution >= 0.6 is 0 Å². The van der Waals surface area contributed by atoms with E-state index in [0.717, 1.165) is 11.1 Å². The maximum atomic E-state index is 12.8. The number of hydrogen-bond donors (Lipinski definition) is 3. The number of nitrogens with zero attached hydrogens (tertiary/aromatic N) is 2. The van der Waals surface area contributed by atoms with Crippen LogP contribution in [0.1, 0.15) is 27.0 Å². The van der Waals surface area contributed by atoms with Crippen LogP contribution in [-0.4, -0.2) is 16.4 Å². The van der Waals surface area contributed by atoms with E-state index in [2.05, 4.69) is 5.32 Å². The predicted octanol–water partition coefficient (Wildman–Crippen LogP) is 3.25. The molecule has 6 nitrogen and oxygen atoms in total. The quantitative estimate of drug-likeness (QED) is 0.734. The molecule has 0 saturated heterocycles. The third kappa shape index (κ3) is 2.37. The van der Waals surface area contributed by atoms with Crippen LogP contribution in [0.3, 0.4) is 0 Å². The van der Waals surface area contributed by atoms with Gasteiger partial charge in [-0.05, 0) is 37.1 Å². The van der Waals surface area contributed by atoms with E-state index in [1.54, 1.807) is 36.4 Å². The van der Waals surface area contributed by atoms with E-state index in [1.807, 2.05) is 26.0 Å². The summed E-state index contributed by atoms with van der Waals surface area (Å²) in [6.07, 6.45) is 0. The van der Waals surface area contributed by atoms with Gasteiger partial charge >= 0.3 is 0 Å². The standard InChI is InChI=1S/C20H16N4O2/c1-11-7-15(23)16(8-12(11)2)24-20(9-21,10-22)17-18(25)13-5-3-4-6-14(13)19(17)26/h3-8,24-25H,23H2,1-2H3. The van der Waals surface area contributed by atoms with Crippen LogP contribution in [0.5, 0.6) is 0 Å². The molecule has 0 aliphatic heterocycles. The fourth-order valence-electron chi connectivity index (χ4n) is 3.02. The average Bonchev–Trinajstić information content (AvgIpc) is 2.89. The number of anilines is 2. The lowest BCUT2D eigenvalue weighted by Gasteiger charge is -2.24. The van der Waals surface area contributed by atoms with Crippen molar-refractivity contribution in [2.45, 2.75) is 19.4 Å². The molecule has 0 fully saturated rings. The molecule has 1 aliphatic rings. The molecule has 3 rings (SSSR count). The number of ketones is 1. The highest BCUT2D eigenvalue weighted by Gasteiger charge is 2.46. The lowest BCUT2D eigenvalue weighted by molar-refractivity contribution is 0.103. The zero-order chi connectivity index (χ0) is 19.1. The molecule has 6 heteroatoms. The van der Waals surface area contributed by atoms with E-state index in [1.165, 1.54) is 0 Å². The lowest BCUT2D eigenvalue weighted by atomic mass is 9.89. The number of aliphatic hydroxyl groups is 1. The molecular weight excluding hydrogens is 328 g/mol. The van der Waals surface area contributed by atoms with Gasteiger partial charge in [-0.3, -0.25) is 4.79 Å². The van der Waals surface area contributed by atoms with Crippen molar-refractivity contribution < 1.29 is 9.90 Å². The van der Waals surface area contributed by atoms with Crippen LogP contribution in [0.15, 0.2) is 42.0 Å². The maximum absolute atomic E-state index is 12.8. The van der Waals surface area contributed by atoms with Gasteiger partial charge in [-0.15, -0.1) is 0 Å². The number of benzene rings is 2. The van der Waals surface area contributed by atoms with Crippen molar-refractivity contribution in [3.05, 3.63) is 64.2 Å². The summed E-state index contributed by atoms with van der Waals surface area (Å²) in [5.74, 6) is -0.931. The Bertz CT molecular complexity index is 1040. The van der Waals surface area contributed by atoms with Gasteiger partial charge in [0.05, 0.1) is 16.9 Å². The first-order valence-electron chi connectivity index (χ1n) is 7.90. The number of nitrogens with two attached hydrogens (primary N) is 1. The Morgan fingerprint density at radius 3 is 2.23 bits per heavy atom. The van der Waals surface area contributed by atoms with E-state index in [0.29, 0.717) is 16.9 Å². The Morgan fingerprint density at radius 1 is 1.08 bits per heavy atom. The molecule has 0 unspecified atom stereocenters. The van der Waals surface area contributed by atoms with Crippen LogP contribution in [-0.2, 0) is 0 Å². The van der Waals surface area contributed by atoms with E-state index < -0.39 is 11.3 Å². The molecule has 128 valence electrons. The first-order chi connectivity index (χ1) is 12.3. The Hall–Kier alpha value is -3.77. The number of Topliss-reactive ketones (excluding diaryl/α,β-unsaturated/α-hetero) is 1. The Labute approximate surface area is 150 Å². The van der Waals surface area contributed by atoms with Gasteiger partial charge in [0, 0.05) is 11.1 Å². The molecule has 2 aromatic rings. The number of nitrogen functional groups attached to an aromatic ring is 1.